The Kier molecular flexibility index (Phi) is 5.91. The number of nitrogens with zero attached hydrogens (tertiary/aromatic N) is 2. The number of rotatable bonds is 4. The standard InChI is InChI=1S/C20H25N3O4/c1-3-18(24)22-8-4-5-15(12-22)20(26)21-16-6-7-17(14(2)11-16)23-9-10-27-13-19(23)25/h3,6-7,11,15H,1,4-5,8-10,12-13H2,2H3,(H,21,26). The van der Waals surface area contributed by atoms with Gasteiger partial charge < -0.3 is 19.9 Å². The second kappa shape index (κ2) is 8.35. The molecule has 7 nitrogen and oxygen atoms in total. The van der Waals surface area contributed by atoms with Crippen molar-refractivity contribution in [2.24, 2.45) is 5.92 Å². The van der Waals surface area contributed by atoms with Crippen LogP contribution in [0, 0.1) is 12.8 Å². The van der Waals surface area contributed by atoms with Crippen LogP contribution in [0.4, 0.5) is 11.4 Å². The largest absolute Gasteiger partial charge is 0.370 e. The molecular formula is C20H25N3O4. The molecular weight excluding hydrogens is 346 g/mol. The Morgan fingerprint density at radius 3 is 2.85 bits per heavy atom. The lowest BCUT2D eigenvalue weighted by Gasteiger charge is -2.31. The average molecular weight is 371 g/mol. The summed E-state index contributed by atoms with van der Waals surface area (Å²) in [6, 6.07) is 5.52. The summed E-state index contributed by atoms with van der Waals surface area (Å²) in [7, 11) is 0. The highest BCUT2D eigenvalue weighted by Gasteiger charge is 2.28. The normalized spacial score (nSPS) is 20.3. The van der Waals surface area contributed by atoms with Crippen LogP contribution < -0.4 is 10.2 Å². The van der Waals surface area contributed by atoms with Gasteiger partial charge in [0.2, 0.25) is 11.8 Å². The Morgan fingerprint density at radius 1 is 1.33 bits per heavy atom. The van der Waals surface area contributed by atoms with Crippen molar-refractivity contribution < 1.29 is 19.1 Å². The number of amides is 3. The lowest BCUT2D eigenvalue weighted by atomic mass is 9.97. The number of carbonyl (C=O) groups is 3. The molecule has 0 bridgehead atoms. The molecule has 2 aliphatic rings. The number of piperidine rings is 1. The van der Waals surface area contributed by atoms with Gasteiger partial charge in [-0.1, -0.05) is 6.58 Å². The van der Waals surface area contributed by atoms with Crippen molar-refractivity contribution in [3.05, 3.63) is 36.4 Å². The fraction of sp³-hybridized carbons (Fsp3) is 0.450. The number of morpholine rings is 1. The summed E-state index contributed by atoms with van der Waals surface area (Å²) in [6.07, 6.45) is 2.84. The van der Waals surface area contributed by atoms with Crippen LogP contribution in [0.25, 0.3) is 0 Å². The first-order chi connectivity index (χ1) is 13.0. The van der Waals surface area contributed by atoms with E-state index in [-0.39, 0.29) is 30.2 Å². The number of carbonyl (C=O) groups excluding carboxylic acids is 3. The maximum absolute atomic E-state index is 12.6. The summed E-state index contributed by atoms with van der Waals surface area (Å²) in [5, 5.41) is 2.94. The van der Waals surface area contributed by atoms with Gasteiger partial charge >= 0.3 is 0 Å². The van der Waals surface area contributed by atoms with Gasteiger partial charge in [0.05, 0.1) is 12.5 Å². The maximum Gasteiger partial charge on any atom is 0.253 e. The van der Waals surface area contributed by atoms with E-state index in [1.807, 2.05) is 19.1 Å². The van der Waals surface area contributed by atoms with Gasteiger partial charge in [-0.05, 0) is 49.6 Å². The summed E-state index contributed by atoms with van der Waals surface area (Å²) in [5.74, 6) is -0.521. The average Bonchev–Trinajstić information content (AvgIpc) is 2.68. The molecule has 1 aromatic carbocycles. The van der Waals surface area contributed by atoms with Crippen LogP contribution in [0.5, 0.6) is 0 Å². The number of nitrogens with one attached hydrogen (secondary N) is 1. The zero-order valence-electron chi connectivity index (χ0n) is 15.6. The minimum absolute atomic E-state index is 0.0599. The molecule has 0 radical (unpaired) electrons. The highest BCUT2D eigenvalue weighted by atomic mass is 16.5. The van der Waals surface area contributed by atoms with Gasteiger partial charge in [-0.15, -0.1) is 0 Å². The quantitative estimate of drug-likeness (QED) is 0.818. The molecule has 0 aliphatic carbocycles. The van der Waals surface area contributed by atoms with Crippen LogP contribution in [0.3, 0.4) is 0 Å². The van der Waals surface area contributed by atoms with Crippen LogP contribution >= 0.6 is 0 Å². The number of ether oxygens (including phenoxy) is 1. The van der Waals surface area contributed by atoms with Gasteiger partial charge in [0, 0.05) is 31.0 Å². The topological polar surface area (TPSA) is 79.0 Å². The molecule has 7 heteroatoms. The monoisotopic (exact) mass is 371 g/mol. The highest BCUT2D eigenvalue weighted by Crippen LogP contribution is 2.26. The Balaban J connectivity index is 1.66. The Hall–Kier alpha value is -2.67. The molecule has 0 aromatic heterocycles. The molecule has 2 saturated heterocycles. The first kappa shape index (κ1) is 19.1. The third-order valence-corrected chi connectivity index (χ3v) is 5.02. The third-order valence-electron chi connectivity index (χ3n) is 5.02. The minimum atomic E-state index is -0.233. The van der Waals surface area contributed by atoms with Crippen LogP contribution in [0.15, 0.2) is 30.9 Å². The van der Waals surface area contributed by atoms with Crippen molar-refractivity contribution in [2.75, 3.05) is 43.1 Å². The summed E-state index contributed by atoms with van der Waals surface area (Å²) < 4.78 is 5.17. The minimum Gasteiger partial charge on any atom is -0.370 e. The molecule has 27 heavy (non-hydrogen) atoms. The summed E-state index contributed by atoms with van der Waals surface area (Å²) >= 11 is 0. The van der Waals surface area contributed by atoms with Crippen molar-refractivity contribution in [2.45, 2.75) is 19.8 Å². The van der Waals surface area contributed by atoms with E-state index in [2.05, 4.69) is 11.9 Å². The fourth-order valence-corrected chi connectivity index (χ4v) is 3.57. The molecule has 1 unspecified atom stereocenters. The zero-order valence-corrected chi connectivity index (χ0v) is 15.6. The number of benzene rings is 1. The number of hydrogen-bond acceptors (Lipinski definition) is 4. The van der Waals surface area contributed by atoms with Crippen molar-refractivity contribution >= 4 is 29.1 Å². The van der Waals surface area contributed by atoms with Crippen LogP contribution in [-0.2, 0) is 19.1 Å². The zero-order chi connectivity index (χ0) is 19.4. The molecule has 2 heterocycles. The van der Waals surface area contributed by atoms with E-state index >= 15 is 0 Å². The van der Waals surface area contributed by atoms with Crippen molar-refractivity contribution in [1.82, 2.24) is 4.90 Å². The summed E-state index contributed by atoms with van der Waals surface area (Å²) in [6.45, 7) is 7.64. The lowest BCUT2D eigenvalue weighted by Crippen LogP contribution is -2.43. The van der Waals surface area contributed by atoms with Gasteiger partial charge in [-0.3, -0.25) is 14.4 Å². The van der Waals surface area contributed by atoms with Gasteiger partial charge in [0.25, 0.3) is 5.91 Å². The smallest absolute Gasteiger partial charge is 0.253 e. The molecule has 0 saturated carbocycles. The highest BCUT2D eigenvalue weighted by molar-refractivity contribution is 5.97. The van der Waals surface area contributed by atoms with E-state index < -0.39 is 0 Å². The maximum atomic E-state index is 12.6. The molecule has 2 fully saturated rings. The molecule has 3 rings (SSSR count). The number of hydrogen-bond donors (Lipinski definition) is 1. The molecule has 0 spiro atoms. The summed E-state index contributed by atoms with van der Waals surface area (Å²) in [5.41, 5.74) is 2.44. The molecule has 144 valence electrons. The van der Waals surface area contributed by atoms with Gasteiger partial charge in [-0.25, -0.2) is 0 Å². The predicted octanol–water partition coefficient (Wildman–Crippen LogP) is 1.72. The van der Waals surface area contributed by atoms with E-state index in [1.165, 1.54) is 6.08 Å². The van der Waals surface area contributed by atoms with E-state index in [0.29, 0.717) is 31.9 Å². The molecule has 1 atom stereocenters. The summed E-state index contributed by atoms with van der Waals surface area (Å²) in [4.78, 5) is 39.8. The Bertz CT molecular complexity index is 762. The van der Waals surface area contributed by atoms with Crippen LogP contribution in [0.2, 0.25) is 0 Å². The second-order valence-corrected chi connectivity index (χ2v) is 6.92. The van der Waals surface area contributed by atoms with Crippen molar-refractivity contribution in [3.8, 4) is 0 Å². The van der Waals surface area contributed by atoms with Crippen molar-refractivity contribution in [3.63, 3.8) is 0 Å². The SMILES string of the molecule is C=CC(=O)N1CCCC(C(=O)Nc2ccc(N3CCOCC3=O)c(C)c2)C1. The second-order valence-electron chi connectivity index (χ2n) is 6.92. The van der Waals surface area contributed by atoms with Crippen molar-refractivity contribution in [1.29, 1.82) is 0 Å². The van der Waals surface area contributed by atoms with Gasteiger partial charge in [0.1, 0.15) is 6.61 Å². The number of anilines is 2. The van der Waals surface area contributed by atoms with Gasteiger partial charge in [0.15, 0.2) is 0 Å². The molecule has 2 aliphatic heterocycles. The van der Waals surface area contributed by atoms with Crippen LogP contribution in [0.1, 0.15) is 18.4 Å². The first-order valence-electron chi connectivity index (χ1n) is 9.20. The lowest BCUT2D eigenvalue weighted by molar-refractivity contribution is -0.130. The Labute approximate surface area is 159 Å². The Morgan fingerprint density at radius 2 is 2.15 bits per heavy atom. The third kappa shape index (κ3) is 4.36. The fourth-order valence-electron chi connectivity index (χ4n) is 3.57. The van der Waals surface area contributed by atoms with Gasteiger partial charge in [-0.2, -0.15) is 0 Å². The van der Waals surface area contributed by atoms with E-state index in [4.69, 9.17) is 4.74 Å². The predicted molar refractivity (Wildman–Crippen MR) is 102 cm³/mol. The number of likely N-dealkylation sites (tertiary alicyclic amines) is 1. The van der Waals surface area contributed by atoms with E-state index in [1.54, 1.807) is 15.9 Å². The van der Waals surface area contributed by atoms with E-state index in [0.717, 1.165) is 24.1 Å². The molecule has 1 aromatic rings. The molecule has 3 amide bonds. The first-order valence-corrected chi connectivity index (χ1v) is 9.20. The van der Waals surface area contributed by atoms with Crippen LogP contribution in [-0.4, -0.2) is 55.5 Å². The number of aryl methyl sites for hydroxylation is 1. The van der Waals surface area contributed by atoms with E-state index in [9.17, 15) is 14.4 Å². The molecule has 1 N–H and O–H groups in total.